The lowest BCUT2D eigenvalue weighted by atomic mass is 10.1. The first-order chi connectivity index (χ1) is 14.4. The molecule has 4 aromatic rings. The summed E-state index contributed by atoms with van der Waals surface area (Å²) in [4.78, 5) is 12.6. The molecule has 7 nitrogen and oxygen atoms in total. The highest BCUT2D eigenvalue weighted by molar-refractivity contribution is 5.94. The van der Waals surface area contributed by atoms with Crippen LogP contribution in [0.2, 0.25) is 0 Å². The number of carbonyl (C=O) groups excluding carboxylic acids is 1. The molecule has 152 valence electrons. The average Bonchev–Trinajstić information content (AvgIpc) is 3.35. The molecule has 0 aliphatic rings. The molecule has 2 heterocycles. The van der Waals surface area contributed by atoms with E-state index in [0.717, 1.165) is 27.9 Å². The van der Waals surface area contributed by atoms with E-state index in [1.54, 1.807) is 24.3 Å². The van der Waals surface area contributed by atoms with Crippen LogP contribution in [0, 0.1) is 20.8 Å². The topological polar surface area (TPSA) is 94.1 Å². The third-order valence-electron chi connectivity index (χ3n) is 4.99. The van der Waals surface area contributed by atoms with Gasteiger partial charge in [-0.3, -0.25) is 4.79 Å². The van der Waals surface area contributed by atoms with E-state index in [1.807, 2.05) is 52.0 Å². The molecule has 7 heteroatoms. The summed E-state index contributed by atoms with van der Waals surface area (Å²) in [6.07, 6.45) is 0. The number of nitrogens with zero attached hydrogens (tertiary/aromatic N) is 3. The number of hydrogen-bond acceptors (Lipinski definition) is 6. The van der Waals surface area contributed by atoms with Gasteiger partial charge in [0.1, 0.15) is 5.76 Å². The number of hydrogen-bond donors (Lipinski definition) is 1. The summed E-state index contributed by atoms with van der Waals surface area (Å²) < 4.78 is 11.0. The standard InChI is InChI=1S/C23H22N4O3/c1-13-5-7-18(8-6-13)22-25-26-23(29-22)19-11-9-17(10-12-19)21(28)24-14(2)20-15(3)27-30-16(20)4/h5-12,14H,1-4H3,(H,24,28)/t14-/m1/s1. The van der Waals surface area contributed by atoms with Crippen LogP contribution in [0.4, 0.5) is 0 Å². The van der Waals surface area contributed by atoms with Crippen LogP contribution in [0.3, 0.4) is 0 Å². The highest BCUT2D eigenvalue weighted by Gasteiger charge is 2.19. The Kier molecular flexibility index (Phi) is 5.18. The van der Waals surface area contributed by atoms with Gasteiger partial charge in [0.15, 0.2) is 0 Å². The average molecular weight is 402 g/mol. The second-order valence-corrected chi connectivity index (χ2v) is 7.29. The molecular formula is C23H22N4O3. The number of benzene rings is 2. The maximum absolute atomic E-state index is 12.6. The van der Waals surface area contributed by atoms with Crippen molar-refractivity contribution in [3.8, 4) is 22.9 Å². The van der Waals surface area contributed by atoms with Crippen LogP contribution >= 0.6 is 0 Å². The minimum atomic E-state index is -0.212. The lowest BCUT2D eigenvalue weighted by Crippen LogP contribution is -2.27. The molecule has 0 fully saturated rings. The van der Waals surface area contributed by atoms with E-state index in [2.05, 4.69) is 20.7 Å². The summed E-state index contributed by atoms with van der Waals surface area (Å²) in [5, 5.41) is 15.2. The highest BCUT2D eigenvalue weighted by atomic mass is 16.5. The molecule has 0 unspecified atom stereocenters. The van der Waals surface area contributed by atoms with E-state index in [-0.39, 0.29) is 11.9 Å². The van der Waals surface area contributed by atoms with E-state index < -0.39 is 0 Å². The van der Waals surface area contributed by atoms with Gasteiger partial charge < -0.3 is 14.3 Å². The molecule has 0 bridgehead atoms. The van der Waals surface area contributed by atoms with Crippen molar-refractivity contribution in [1.29, 1.82) is 0 Å². The molecule has 0 spiro atoms. The Balaban J connectivity index is 1.48. The van der Waals surface area contributed by atoms with Gasteiger partial charge in [-0.15, -0.1) is 10.2 Å². The number of nitrogens with one attached hydrogen (secondary N) is 1. The Labute approximate surface area is 174 Å². The summed E-state index contributed by atoms with van der Waals surface area (Å²) in [5.74, 6) is 1.39. The Hall–Kier alpha value is -3.74. The molecule has 30 heavy (non-hydrogen) atoms. The van der Waals surface area contributed by atoms with Gasteiger partial charge in [-0.05, 0) is 64.1 Å². The van der Waals surface area contributed by atoms with Crippen LogP contribution < -0.4 is 5.32 Å². The molecule has 1 amide bonds. The van der Waals surface area contributed by atoms with Crippen LogP contribution in [0.25, 0.3) is 22.9 Å². The molecule has 0 aliphatic heterocycles. The lowest BCUT2D eigenvalue weighted by molar-refractivity contribution is 0.0939. The van der Waals surface area contributed by atoms with Gasteiger partial charge in [0.2, 0.25) is 11.8 Å². The largest absolute Gasteiger partial charge is 0.416 e. The van der Waals surface area contributed by atoms with Crippen molar-refractivity contribution in [2.75, 3.05) is 0 Å². The number of amides is 1. The highest BCUT2D eigenvalue weighted by Crippen LogP contribution is 2.25. The maximum Gasteiger partial charge on any atom is 0.251 e. The molecular weight excluding hydrogens is 380 g/mol. The monoisotopic (exact) mass is 402 g/mol. The number of rotatable bonds is 5. The van der Waals surface area contributed by atoms with Crippen molar-refractivity contribution in [2.45, 2.75) is 33.7 Å². The SMILES string of the molecule is Cc1ccc(-c2nnc(-c3ccc(C(=O)N[C@H](C)c4c(C)noc4C)cc3)o2)cc1. The van der Waals surface area contributed by atoms with Crippen LogP contribution in [0.5, 0.6) is 0 Å². The zero-order chi connectivity index (χ0) is 21.3. The first-order valence-corrected chi connectivity index (χ1v) is 9.67. The zero-order valence-electron chi connectivity index (χ0n) is 17.3. The molecule has 0 saturated carbocycles. The smallest absolute Gasteiger partial charge is 0.251 e. The Morgan fingerprint density at radius 2 is 1.47 bits per heavy atom. The van der Waals surface area contributed by atoms with Crippen LogP contribution in [-0.2, 0) is 0 Å². The summed E-state index contributed by atoms with van der Waals surface area (Å²) in [6, 6.07) is 14.7. The third kappa shape index (κ3) is 3.87. The molecule has 2 aromatic heterocycles. The van der Waals surface area contributed by atoms with Gasteiger partial charge in [0.05, 0.1) is 11.7 Å². The lowest BCUT2D eigenvalue weighted by Gasteiger charge is -2.13. The van der Waals surface area contributed by atoms with Crippen molar-refractivity contribution in [2.24, 2.45) is 0 Å². The van der Waals surface area contributed by atoms with Gasteiger partial charge >= 0.3 is 0 Å². The van der Waals surface area contributed by atoms with Crippen molar-refractivity contribution in [3.63, 3.8) is 0 Å². The Bertz CT molecular complexity index is 1150. The van der Waals surface area contributed by atoms with Crippen LogP contribution in [0.15, 0.2) is 57.5 Å². The molecule has 4 rings (SSSR count). The summed E-state index contributed by atoms with van der Waals surface area (Å²) in [5.41, 5.74) is 4.98. The first-order valence-electron chi connectivity index (χ1n) is 9.67. The minimum absolute atomic E-state index is 0.181. The van der Waals surface area contributed by atoms with Gasteiger partial charge in [0.25, 0.3) is 5.91 Å². The van der Waals surface area contributed by atoms with E-state index in [0.29, 0.717) is 23.1 Å². The summed E-state index contributed by atoms with van der Waals surface area (Å²) in [6.45, 7) is 7.63. The molecule has 0 saturated heterocycles. The number of aromatic nitrogens is 3. The van der Waals surface area contributed by atoms with Gasteiger partial charge in [-0.2, -0.15) is 0 Å². The third-order valence-corrected chi connectivity index (χ3v) is 4.99. The fraction of sp³-hybridized carbons (Fsp3) is 0.217. The van der Waals surface area contributed by atoms with Crippen molar-refractivity contribution >= 4 is 5.91 Å². The fourth-order valence-electron chi connectivity index (χ4n) is 3.38. The zero-order valence-corrected chi connectivity index (χ0v) is 17.3. The van der Waals surface area contributed by atoms with Gasteiger partial charge in [0, 0.05) is 22.3 Å². The quantitative estimate of drug-likeness (QED) is 0.515. The second kappa shape index (κ2) is 7.94. The Morgan fingerprint density at radius 1 is 0.900 bits per heavy atom. The minimum Gasteiger partial charge on any atom is -0.416 e. The van der Waals surface area contributed by atoms with Crippen molar-refractivity contribution < 1.29 is 13.7 Å². The second-order valence-electron chi connectivity index (χ2n) is 7.29. The number of carbonyl (C=O) groups is 1. The van der Waals surface area contributed by atoms with Crippen molar-refractivity contribution in [3.05, 3.63) is 76.7 Å². The molecule has 2 aromatic carbocycles. The van der Waals surface area contributed by atoms with Crippen LogP contribution in [0.1, 0.15) is 45.9 Å². The molecule has 1 N–H and O–H groups in total. The number of aryl methyl sites for hydroxylation is 3. The van der Waals surface area contributed by atoms with Gasteiger partial charge in [-0.25, -0.2) is 0 Å². The predicted molar refractivity (Wildman–Crippen MR) is 112 cm³/mol. The van der Waals surface area contributed by atoms with Gasteiger partial charge in [-0.1, -0.05) is 22.9 Å². The van der Waals surface area contributed by atoms with E-state index in [1.165, 1.54) is 0 Å². The molecule has 0 radical (unpaired) electrons. The van der Waals surface area contributed by atoms with E-state index in [9.17, 15) is 4.79 Å². The van der Waals surface area contributed by atoms with Crippen molar-refractivity contribution in [1.82, 2.24) is 20.7 Å². The molecule has 1 atom stereocenters. The van der Waals surface area contributed by atoms with Crippen LogP contribution in [-0.4, -0.2) is 21.3 Å². The normalized spacial score (nSPS) is 12.0. The van der Waals surface area contributed by atoms with E-state index in [4.69, 9.17) is 8.94 Å². The first kappa shape index (κ1) is 19.6. The Morgan fingerprint density at radius 3 is 2.00 bits per heavy atom. The fourth-order valence-corrected chi connectivity index (χ4v) is 3.38. The summed E-state index contributed by atoms with van der Waals surface area (Å²) >= 11 is 0. The molecule has 0 aliphatic carbocycles. The van der Waals surface area contributed by atoms with E-state index >= 15 is 0 Å². The summed E-state index contributed by atoms with van der Waals surface area (Å²) in [7, 11) is 0. The predicted octanol–water partition coefficient (Wildman–Crippen LogP) is 4.81. The maximum atomic E-state index is 12.6.